The van der Waals surface area contributed by atoms with Gasteiger partial charge in [0.15, 0.2) is 5.76 Å². The Hall–Kier alpha value is -3.16. The van der Waals surface area contributed by atoms with Gasteiger partial charge < -0.3 is 9.73 Å². The number of nitrogens with zero attached hydrogens (tertiary/aromatic N) is 3. The number of aromatic amines is 1. The number of carbonyl (C=O) groups is 1. The lowest BCUT2D eigenvalue weighted by molar-refractivity contribution is -0.114. The van der Waals surface area contributed by atoms with Crippen molar-refractivity contribution in [3.63, 3.8) is 0 Å². The van der Waals surface area contributed by atoms with Crippen molar-refractivity contribution in [3.8, 4) is 17.4 Å². The van der Waals surface area contributed by atoms with E-state index in [-0.39, 0.29) is 17.4 Å². The van der Waals surface area contributed by atoms with Gasteiger partial charge in [-0.1, -0.05) is 0 Å². The predicted molar refractivity (Wildman–Crippen MR) is 78.7 cm³/mol. The molecule has 0 aliphatic rings. The van der Waals surface area contributed by atoms with E-state index in [1.54, 1.807) is 25.1 Å². The van der Waals surface area contributed by atoms with Crippen LogP contribution < -0.4 is 10.9 Å². The first-order chi connectivity index (χ1) is 10.5. The van der Waals surface area contributed by atoms with Crippen LogP contribution in [0.15, 0.2) is 39.7 Å². The molecule has 112 valence electrons. The number of nitrogens with one attached hydrogen (secondary N) is 2. The van der Waals surface area contributed by atoms with Crippen LogP contribution in [0.25, 0.3) is 17.4 Å². The SMILES string of the molecule is CC(=O)Nc1cc(-c2ccco2)nn1-c1nc(C)cc(=O)[nH]1. The summed E-state index contributed by atoms with van der Waals surface area (Å²) in [6.45, 7) is 3.09. The highest BCUT2D eigenvalue weighted by Gasteiger charge is 2.15. The number of aromatic nitrogens is 4. The zero-order valence-electron chi connectivity index (χ0n) is 12.0. The fourth-order valence-corrected chi connectivity index (χ4v) is 2.02. The molecule has 0 aromatic carbocycles. The van der Waals surface area contributed by atoms with Crippen molar-refractivity contribution in [2.24, 2.45) is 0 Å². The Morgan fingerprint density at radius 2 is 2.23 bits per heavy atom. The van der Waals surface area contributed by atoms with E-state index in [0.29, 0.717) is 23.0 Å². The molecule has 3 aromatic heterocycles. The number of H-pyrrole nitrogens is 1. The summed E-state index contributed by atoms with van der Waals surface area (Å²) in [5.41, 5.74) is 0.756. The molecule has 0 unspecified atom stereocenters. The van der Waals surface area contributed by atoms with Crippen LogP contribution in [-0.4, -0.2) is 25.7 Å². The van der Waals surface area contributed by atoms with Crippen LogP contribution in [0.4, 0.5) is 5.82 Å². The van der Waals surface area contributed by atoms with Gasteiger partial charge in [-0.25, -0.2) is 4.98 Å². The van der Waals surface area contributed by atoms with Crippen molar-refractivity contribution in [3.05, 3.63) is 46.6 Å². The summed E-state index contributed by atoms with van der Waals surface area (Å²) < 4.78 is 6.65. The van der Waals surface area contributed by atoms with E-state index >= 15 is 0 Å². The van der Waals surface area contributed by atoms with Crippen LogP contribution >= 0.6 is 0 Å². The van der Waals surface area contributed by atoms with Crippen molar-refractivity contribution < 1.29 is 9.21 Å². The van der Waals surface area contributed by atoms with Gasteiger partial charge in [-0.15, -0.1) is 0 Å². The molecule has 0 saturated heterocycles. The molecule has 0 radical (unpaired) electrons. The molecule has 3 heterocycles. The van der Waals surface area contributed by atoms with Crippen molar-refractivity contribution >= 4 is 11.7 Å². The van der Waals surface area contributed by atoms with Gasteiger partial charge in [0.1, 0.15) is 11.5 Å². The molecule has 8 heteroatoms. The number of amides is 1. The monoisotopic (exact) mass is 299 g/mol. The van der Waals surface area contributed by atoms with Gasteiger partial charge in [-0.05, 0) is 19.1 Å². The molecule has 0 aliphatic carbocycles. The number of anilines is 1. The van der Waals surface area contributed by atoms with Crippen LogP contribution in [0.3, 0.4) is 0 Å². The molecule has 2 N–H and O–H groups in total. The summed E-state index contributed by atoms with van der Waals surface area (Å²) in [7, 11) is 0. The highest BCUT2D eigenvalue weighted by Crippen LogP contribution is 2.23. The van der Waals surface area contributed by atoms with Crippen LogP contribution in [0.1, 0.15) is 12.6 Å². The van der Waals surface area contributed by atoms with Crippen molar-refractivity contribution in [2.75, 3.05) is 5.32 Å². The number of hydrogen-bond donors (Lipinski definition) is 2. The minimum absolute atomic E-state index is 0.214. The Morgan fingerprint density at radius 1 is 1.41 bits per heavy atom. The van der Waals surface area contributed by atoms with Crippen molar-refractivity contribution in [1.82, 2.24) is 19.7 Å². The molecule has 0 spiro atoms. The Kier molecular flexibility index (Phi) is 3.34. The Bertz CT molecular complexity index is 876. The third kappa shape index (κ3) is 2.66. The molecule has 1 amide bonds. The number of furan rings is 1. The maximum absolute atomic E-state index is 11.6. The lowest BCUT2D eigenvalue weighted by atomic mass is 10.3. The lowest BCUT2D eigenvalue weighted by Crippen LogP contribution is -2.17. The first-order valence-corrected chi connectivity index (χ1v) is 6.53. The summed E-state index contributed by atoms with van der Waals surface area (Å²) in [5, 5.41) is 6.98. The van der Waals surface area contributed by atoms with Gasteiger partial charge in [0.25, 0.3) is 5.56 Å². The Morgan fingerprint density at radius 3 is 2.86 bits per heavy atom. The molecule has 0 aliphatic heterocycles. The topological polar surface area (TPSA) is 106 Å². The van der Waals surface area contributed by atoms with Crippen LogP contribution in [0.5, 0.6) is 0 Å². The summed E-state index contributed by atoms with van der Waals surface area (Å²) in [6.07, 6.45) is 1.53. The molecule has 0 saturated carbocycles. The minimum Gasteiger partial charge on any atom is -0.463 e. The first-order valence-electron chi connectivity index (χ1n) is 6.53. The summed E-state index contributed by atoms with van der Waals surface area (Å²) >= 11 is 0. The van der Waals surface area contributed by atoms with E-state index < -0.39 is 0 Å². The Labute approximate surface area is 124 Å². The standard InChI is InChI=1S/C14H13N5O3/c1-8-6-13(21)17-14(15-8)19-12(16-9(2)20)7-10(18-19)11-4-3-5-22-11/h3-7H,1-2H3,(H,16,20)(H,15,17,21). The number of hydrogen-bond acceptors (Lipinski definition) is 5. The molecule has 8 nitrogen and oxygen atoms in total. The average molecular weight is 299 g/mol. The molecule has 0 atom stereocenters. The third-order valence-electron chi connectivity index (χ3n) is 2.84. The maximum atomic E-state index is 11.6. The van der Waals surface area contributed by atoms with E-state index in [1.807, 2.05) is 0 Å². The quantitative estimate of drug-likeness (QED) is 0.762. The molecular formula is C14H13N5O3. The molecule has 0 bridgehead atoms. The van der Waals surface area contributed by atoms with Crippen molar-refractivity contribution in [1.29, 1.82) is 0 Å². The van der Waals surface area contributed by atoms with Crippen LogP contribution in [0, 0.1) is 6.92 Å². The van der Waals surface area contributed by atoms with E-state index in [1.165, 1.54) is 23.9 Å². The zero-order chi connectivity index (χ0) is 15.7. The molecule has 3 aromatic rings. The minimum atomic E-state index is -0.300. The van der Waals surface area contributed by atoms with Crippen LogP contribution in [-0.2, 0) is 4.79 Å². The maximum Gasteiger partial charge on any atom is 0.252 e. The predicted octanol–water partition coefficient (Wildman–Crippen LogP) is 1.48. The average Bonchev–Trinajstić information content (AvgIpc) is 3.05. The molecule has 3 rings (SSSR count). The summed E-state index contributed by atoms with van der Waals surface area (Å²) in [5.74, 6) is 0.877. The summed E-state index contributed by atoms with van der Waals surface area (Å²) in [6, 6.07) is 6.50. The van der Waals surface area contributed by atoms with Crippen LogP contribution in [0.2, 0.25) is 0 Å². The van der Waals surface area contributed by atoms with E-state index in [9.17, 15) is 9.59 Å². The van der Waals surface area contributed by atoms with E-state index in [2.05, 4.69) is 20.4 Å². The second kappa shape index (κ2) is 5.32. The third-order valence-corrected chi connectivity index (χ3v) is 2.84. The molecule has 22 heavy (non-hydrogen) atoms. The molecule has 0 fully saturated rings. The second-order valence-electron chi connectivity index (χ2n) is 4.70. The zero-order valence-corrected chi connectivity index (χ0v) is 12.0. The fourth-order valence-electron chi connectivity index (χ4n) is 2.02. The lowest BCUT2D eigenvalue weighted by Gasteiger charge is -2.06. The normalized spacial score (nSPS) is 10.6. The van der Waals surface area contributed by atoms with Gasteiger partial charge in [0.05, 0.1) is 6.26 Å². The van der Waals surface area contributed by atoms with E-state index in [4.69, 9.17) is 4.42 Å². The van der Waals surface area contributed by atoms with Gasteiger partial charge in [0.2, 0.25) is 11.9 Å². The highest BCUT2D eigenvalue weighted by molar-refractivity contribution is 5.88. The largest absolute Gasteiger partial charge is 0.463 e. The first kappa shape index (κ1) is 13.8. The van der Waals surface area contributed by atoms with Gasteiger partial charge in [-0.2, -0.15) is 9.78 Å². The smallest absolute Gasteiger partial charge is 0.252 e. The molecular weight excluding hydrogens is 286 g/mol. The number of aryl methyl sites for hydroxylation is 1. The van der Waals surface area contributed by atoms with Gasteiger partial charge in [-0.3, -0.25) is 14.6 Å². The van der Waals surface area contributed by atoms with Gasteiger partial charge >= 0.3 is 0 Å². The Balaban J connectivity index is 2.16. The highest BCUT2D eigenvalue weighted by atomic mass is 16.3. The van der Waals surface area contributed by atoms with Crippen molar-refractivity contribution in [2.45, 2.75) is 13.8 Å². The number of rotatable bonds is 3. The fraction of sp³-hybridized carbons (Fsp3) is 0.143. The summed E-state index contributed by atoms with van der Waals surface area (Å²) in [4.78, 5) is 29.8. The van der Waals surface area contributed by atoms with E-state index in [0.717, 1.165) is 0 Å². The second-order valence-corrected chi connectivity index (χ2v) is 4.70. The number of carbonyl (C=O) groups excluding carboxylic acids is 1. The van der Waals surface area contributed by atoms with Gasteiger partial charge in [0, 0.05) is 24.8 Å².